The molecule has 0 atom stereocenters. The fraction of sp³-hybridized carbons (Fsp3) is 0.0577. The van der Waals surface area contributed by atoms with Crippen molar-refractivity contribution >= 4 is 50.1 Å². The number of anilines is 3. The minimum Gasteiger partial charge on any atom is -0.456 e. The van der Waals surface area contributed by atoms with Crippen molar-refractivity contribution in [1.82, 2.24) is 4.98 Å². The number of aromatic nitrogens is 1. The van der Waals surface area contributed by atoms with E-state index in [1.54, 1.807) is 0 Å². The molecular weight excluding hydrogens is 685 g/mol. The summed E-state index contributed by atoms with van der Waals surface area (Å²) in [5.41, 5.74) is 17.2. The van der Waals surface area contributed by atoms with E-state index in [2.05, 4.69) is 164 Å². The Morgan fingerprint density at radius 1 is 0.429 bits per heavy atom. The predicted octanol–water partition coefficient (Wildman–Crippen LogP) is 14.5. The first kappa shape index (κ1) is 32.3. The Morgan fingerprint density at radius 2 is 1.05 bits per heavy atom. The van der Waals surface area contributed by atoms with Gasteiger partial charge in [-0.15, -0.1) is 0 Å². The molecule has 0 aliphatic heterocycles. The van der Waals surface area contributed by atoms with Gasteiger partial charge in [0.1, 0.15) is 16.7 Å². The van der Waals surface area contributed by atoms with Crippen LogP contribution in [0.2, 0.25) is 0 Å². The summed E-state index contributed by atoms with van der Waals surface area (Å²) in [6.45, 7) is 4.65. The lowest BCUT2D eigenvalue weighted by atomic mass is 9.82. The van der Waals surface area contributed by atoms with Crippen molar-refractivity contribution in [3.63, 3.8) is 0 Å². The second kappa shape index (κ2) is 12.4. The molecule has 0 amide bonds. The molecule has 4 heteroatoms. The highest BCUT2D eigenvalue weighted by molar-refractivity contribution is 6.12. The van der Waals surface area contributed by atoms with Gasteiger partial charge in [0.2, 0.25) is 5.89 Å². The van der Waals surface area contributed by atoms with Gasteiger partial charge in [0.25, 0.3) is 0 Å². The molecular formula is C52H36N2O2. The van der Waals surface area contributed by atoms with Crippen LogP contribution in [-0.2, 0) is 5.41 Å². The Balaban J connectivity index is 1.05. The van der Waals surface area contributed by atoms with Crippen LogP contribution in [0.5, 0.6) is 0 Å². The molecule has 0 radical (unpaired) electrons. The van der Waals surface area contributed by atoms with E-state index in [9.17, 15) is 0 Å². The first-order valence-electron chi connectivity index (χ1n) is 19.1. The Morgan fingerprint density at radius 3 is 1.89 bits per heavy atom. The molecule has 1 aliphatic rings. The van der Waals surface area contributed by atoms with Crippen molar-refractivity contribution in [2.24, 2.45) is 0 Å². The molecule has 0 saturated heterocycles. The first-order chi connectivity index (χ1) is 27.5. The minimum atomic E-state index is -0.0786. The smallest absolute Gasteiger partial charge is 0.228 e. The molecule has 2 aromatic heterocycles. The van der Waals surface area contributed by atoms with Crippen LogP contribution in [0.4, 0.5) is 17.1 Å². The number of para-hydroxylation sites is 2. The van der Waals surface area contributed by atoms with Crippen LogP contribution in [-0.4, -0.2) is 4.98 Å². The lowest BCUT2D eigenvalue weighted by molar-refractivity contribution is 0.620. The third kappa shape index (κ3) is 5.10. The van der Waals surface area contributed by atoms with Gasteiger partial charge >= 0.3 is 0 Å². The summed E-state index contributed by atoms with van der Waals surface area (Å²) in [7, 11) is 0. The van der Waals surface area contributed by atoms with Crippen LogP contribution in [0.15, 0.2) is 191 Å². The zero-order valence-electron chi connectivity index (χ0n) is 31.0. The first-order valence-corrected chi connectivity index (χ1v) is 19.1. The molecule has 0 bridgehead atoms. The molecule has 0 unspecified atom stereocenters. The highest BCUT2D eigenvalue weighted by Gasteiger charge is 2.35. The molecule has 4 nitrogen and oxygen atoms in total. The van der Waals surface area contributed by atoms with Crippen LogP contribution >= 0.6 is 0 Å². The van der Waals surface area contributed by atoms with E-state index in [-0.39, 0.29) is 5.41 Å². The predicted molar refractivity (Wildman–Crippen MR) is 230 cm³/mol. The fourth-order valence-corrected chi connectivity index (χ4v) is 8.73. The van der Waals surface area contributed by atoms with Crippen LogP contribution in [0.3, 0.4) is 0 Å². The summed E-state index contributed by atoms with van der Waals surface area (Å²) < 4.78 is 12.9. The van der Waals surface area contributed by atoms with Crippen molar-refractivity contribution in [1.29, 1.82) is 0 Å². The van der Waals surface area contributed by atoms with E-state index in [4.69, 9.17) is 13.8 Å². The summed E-state index contributed by atoms with van der Waals surface area (Å²) in [6.07, 6.45) is 0. The average Bonchev–Trinajstić information content (AvgIpc) is 3.92. The van der Waals surface area contributed by atoms with Crippen molar-refractivity contribution in [3.8, 4) is 44.8 Å². The number of furan rings is 1. The standard InChI is InChI=1S/C52H36N2O2/c1-52(2)44-18-7-6-16-40(44)43-31-38(27-29-45(43)52)54(37-24-22-34(23-25-37)36-15-10-14-35(30-36)33-12-4-3-5-13-33)39-26-28-41-49(32-39)55-48-21-11-17-42(50(41)48)51-53-46-19-8-9-20-47(46)56-51/h3-32H,1-2H3. The molecule has 0 fully saturated rings. The maximum absolute atomic E-state index is 6.63. The second-order valence-corrected chi connectivity index (χ2v) is 15.2. The third-order valence-corrected chi connectivity index (χ3v) is 11.5. The summed E-state index contributed by atoms with van der Waals surface area (Å²) in [4.78, 5) is 7.17. The zero-order chi connectivity index (χ0) is 37.4. The van der Waals surface area contributed by atoms with Gasteiger partial charge < -0.3 is 13.7 Å². The van der Waals surface area contributed by atoms with E-state index < -0.39 is 0 Å². The number of benzene rings is 8. The lowest BCUT2D eigenvalue weighted by Crippen LogP contribution is -2.15. The Bertz CT molecular complexity index is 3080. The molecule has 0 saturated carbocycles. The Labute approximate surface area is 324 Å². The number of fused-ring (bicyclic) bond motifs is 7. The van der Waals surface area contributed by atoms with Crippen LogP contribution in [0.25, 0.3) is 77.9 Å². The van der Waals surface area contributed by atoms with Gasteiger partial charge in [-0.25, -0.2) is 4.98 Å². The molecule has 1 aliphatic carbocycles. The Hall–Kier alpha value is -7.17. The number of oxazole rings is 1. The highest BCUT2D eigenvalue weighted by Crippen LogP contribution is 2.51. The van der Waals surface area contributed by atoms with Crippen LogP contribution in [0, 0.1) is 0 Å². The number of nitrogens with zero attached hydrogens (tertiary/aromatic N) is 2. The number of hydrogen-bond acceptors (Lipinski definition) is 4. The quantitative estimate of drug-likeness (QED) is 0.171. The molecule has 2 heterocycles. The SMILES string of the molecule is CC1(C)c2ccccc2-c2cc(N(c3ccc(-c4cccc(-c5ccccc5)c4)cc3)c3ccc4c(c3)oc3cccc(-c5nc6ccccc6o5)c34)ccc21. The monoisotopic (exact) mass is 720 g/mol. The summed E-state index contributed by atoms with van der Waals surface area (Å²) in [5, 5.41) is 2.01. The van der Waals surface area contributed by atoms with Crippen LogP contribution < -0.4 is 4.90 Å². The summed E-state index contributed by atoms with van der Waals surface area (Å²) in [6, 6.07) is 64.4. The topological polar surface area (TPSA) is 42.4 Å². The van der Waals surface area contributed by atoms with Gasteiger partial charge in [-0.2, -0.15) is 0 Å². The molecule has 10 aromatic rings. The van der Waals surface area contributed by atoms with E-state index in [1.165, 1.54) is 38.9 Å². The average molecular weight is 721 g/mol. The fourth-order valence-electron chi connectivity index (χ4n) is 8.73. The number of rotatable bonds is 6. The lowest BCUT2D eigenvalue weighted by Gasteiger charge is -2.27. The summed E-state index contributed by atoms with van der Waals surface area (Å²) in [5.74, 6) is 0.584. The van der Waals surface area contributed by atoms with E-state index >= 15 is 0 Å². The highest BCUT2D eigenvalue weighted by atomic mass is 16.3. The van der Waals surface area contributed by atoms with Gasteiger partial charge in [-0.3, -0.25) is 0 Å². The van der Waals surface area contributed by atoms with Crippen molar-refractivity contribution < 1.29 is 8.83 Å². The number of hydrogen-bond donors (Lipinski definition) is 0. The minimum absolute atomic E-state index is 0.0786. The maximum Gasteiger partial charge on any atom is 0.228 e. The van der Waals surface area contributed by atoms with Crippen LogP contribution in [0.1, 0.15) is 25.0 Å². The van der Waals surface area contributed by atoms with Crippen molar-refractivity contribution in [2.75, 3.05) is 4.90 Å². The molecule has 0 N–H and O–H groups in total. The molecule has 56 heavy (non-hydrogen) atoms. The summed E-state index contributed by atoms with van der Waals surface area (Å²) >= 11 is 0. The van der Waals surface area contributed by atoms with Gasteiger partial charge in [0.15, 0.2) is 5.58 Å². The van der Waals surface area contributed by atoms with Gasteiger partial charge in [-0.1, -0.05) is 123 Å². The van der Waals surface area contributed by atoms with E-state index in [1.807, 2.05) is 36.4 Å². The molecule has 0 spiro atoms. The molecule has 11 rings (SSSR count). The Kier molecular flexibility index (Phi) is 7.17. The van der Waals surface area contributed by atoms with Gasteiger partial charge in [0.05, 0.1) is 0 Å². The van der Waals surface area contributed by atoms with E-state index in [0.717, 1.165) is 61.2 Å². The second-order valence-electron chi connectivity index (χ2n) is 15.2. The largest absolute Gasteiger partial charge is 0.456 e. The van der Waals surface area contributed by atoms with Gasteiger partial charge in [-0.05, 0) is 111 Å². The van der Waals surface area contributed by atoms with Crippen molar-refractivity contribution in [2.45, 2.75) is 19.3 Å². The zero-order valence-corrected chi connectivity index (χ0v) is 31.0. The van der Waals surface area contributed by atoms with Gasteiger partial charge in [0, 0.05) is 44.9 Å². The molecule has 8 aromatic carbocycles. The maximum atomic E-state index is 6.63. The van der Waals surface area contributed by atoms with E-state index in [0.29, 0.717) is 5.89 Å². The van der Waals surface area contributed by atoms with Crippen molar-refractivity contribution in [3.05, 3.63) is 193 Å². The molecule has 266 valence electrons. The third-order valence-electron chi connectivity index (χ3n) is 11.5. The normalized spacial score (nSPS) is 13.0.